The molecule has 0 saturated heterocycles. The molecule has 0 spiro atoms. The molecule has 5 nitrogen and oxygen atoms in total. The van der Waals surface area contributed by atoms with Gasteiger partial charge in [-0.05, 0) is 48.4 Å². The smallest absolute Gasteiger partial charge is 0.120 e. The number of allylic oxidation sites excluding steroid dienone is 2. The Labute approximate surface area is 153 Å². The van der Waals surface area contributed by atoms with Gasteiger partial charge in [-0.25, -0.2) is 0 Å². The summed E-state index contributed by atoms with van der Waals surface area (Å²) in [6, 6.07) is 6.36. The zero-order chi connectivity index (χ0) is 18.3. The molecule has 5 heteroatoms. The summed E-state index contributed by atoms with van der Waals surface area (Å²) in [6.07, 6.45) is 7.48. The zero-order valence-electron chi connectivity index (χ0n) is 15.0. The highest BCUT2D eigenvalue weighted by Gasteiger charge is 2.54. The second-order valence-electron chi connectivity index (χ2n) is 7.63. The molecular weight excluding hydrogens is 328 g/mol. The predicted molar refractivity (Wildman–Crippen MR) is 101 cm³/mol. The van der Waals surface area contributed by atoms with E-state index in [1.165, 1.54) is 16.7 Å². The molecule has 1 aromatic carbocycles. The molecule has 0 heterocycles. The largest absolute Gasteiger partial charge is 0.490 e. The quantitative estimate of drug-likeness (QED) is 0.484. The van der Waals surface area contributed by atoms with Gasteiger partial charge in [0, 0.05) is 17.8 Å². The van der Waals surface area contributed by atoms with Crippen molar-refractivity contribution >= 4 is 11.4 Å². The molecule has 0 aromatic heterocycles. The molecule has 0 aliphatic heterocycles. The highest BCUT2D eigenvalue weighted by molar-refractivity contribution is 6.46. The molecule has 0 amide bonds. The van der Waals surface area contributed by atoms with E-state index in [2.05, 4.69) is 42.0 Å². The van der Waals surface area contributed by atoms with Crippen LogP contribution in [0.2, 0.25) is 0 Å². The standard InChI is InChI=1S/C21H24N2O3/c1-3-10-26-14-5-7-15-13(11-14)4-6-17-16(15)8-9-21(2)18(17)12-19(22-24)20(21)23-25/h3,5-7,11,16,18,24-25H,1,4,8-10,12H2,2H3. The summed E-state index contributed by atoms with van der Waals surface area (Å²) in [4.78, 5) is 0. The number of nitrogens with zero attached hydrogens (tertiary/aromatic N) is 2. The number of ether oxygens (including phenoxy) is 1. The zero-order valence-corrected chi connectivity index (χ0v) is 15.0. The Bertz CT molecular complexity index is 840. The first-order chi connectivity index (χ1) is 12.6. The van der Waals surface area contributed by atoms with E-state index in [1.54, 1.807) is 6.08 Å². The Morgan fingerprint density at radius 1 is 1.35 bits per heavy atom. The topological polar surface area (TPSA) is 74.4 Å². The van der Waals surface area contributed by atoms with Crippen LogP contribution in [0.25, 0.3) is 0 Å². The van der Waals surface area contributed by atoms with Gasteiger partial charge in [0.25, 0.3) is 0 Å². The van der Waals surface area contributed by atoms with Crippen LogP contribution in [0.5, 0.6) is 5.75 Å². The van der Waals surface area contributed by atoms with Crippen molar-refractivity contribution in [3.8, 4) is 5.75 Å². The minimum absolute atomic E-state index is 0.225. The van der Waals surface area contributed by atoms with E-state index in [0.29, 0.717) is 30.4 Å². The molecule has 3 aliphatic carbocycles. The summed E-state index contributed by atoms with van der Waals surface area (Å²) in [5.74, 6) is 1.48. The van der Waals surface area contributed by atoms with Crippen LogP contribution < -0.4 is 4.74 Å². The highest BCUT2D eigenvalue weighted by atomic mass is 16.5. The van der Waals surface area contributed by atoms with Crippen LogP contribution in [-0.2, 0) is 6.42 Å². The van der Waals surface area contributed by atoms with E-state index in [4.69, 9.17) is 4.74 Å². The van der Waals surface area contributed by atoms with Gasteiger partial charge in [-0.1, -0.05) is 47.6 Å². The predicted octanol–water partition coefficient (Wildman–Crippen LogP) is 4.30. The van der Waals surface area contributed by atoms with Crippen molar-refractivity contribution < 1.29 is 15.2 Å². The molecule has 2 saturated carbocycles. The van der Waals surface area contributed by atoms with Crippen molar-refractivity contribution in [2.24, 2.45) is 21.6 Å². The normalized spacial score (nSPS) is 32.6. The fraction of sp³-hybridized carbons (Fsp3) is 0.429. The lowest BCUT2D eigenvalue weighted by molar-refractivity contribution is 0.244. The Morgan fingerprint density at radius 2 is 2.19 bits per heavy atom. The molecule has 0 bridgehead atoms. The second kappa shape index (κ2) is 6.31. The van der Waals surface area contributed by atoms with E-state index in [0.717, 1.165) is 25.0 Å². The molecule has 2 N–H and O–H groups in total. The third-order valence-corrected chi connectivity index (χ3v) is 6.37. The fourth-order valence-corrected chi connectivity index (χ4v) is 5.09. The molecular formula is C21H24N2O3. The summed E-state index contributed by atoms with van der Waals surface area (Å²) in [6.45, 7) is 6.33. The van der Waals surface area contributed by atoms with Gasteiger partial charge in [0.2, 0.25) is 0 Å². The van der Waals surface area contributed by atoms with Crippen LogP contribution in [0.1, 0.15) is 43.2 Å². The number of hydrogen-bond acceptors (Lipinski definition) is 5. The van der Waals surface area contributed by atoms with Crippen molar-refractivity contribution in [2.75, 3.05) is 6.61 Å². The fourth-order valence-electron chi connectivity index (χ4n) is 5.09. The maximum Gasteiger partial charge on any atom is 0.120 e. The lowest BCUT2D eigenvalue weighted by Crippen LogP contribution is -2.38. The Hall–Kier alpha value is -2.56. The average molecular weight is 352 g/mol. The summed E-state index contributed by atoms with van der Waals surface area (Å²) >= 11 is 0. The number of benzene rings is 1. The van der Waals surface area contributed by atoms with Crippen molar-refractivity contribution in [2.45, 2.75) is 38.5 Å². The van der Waals surface area contributed by atoms with Crippen LogP contribution >= 0.6 is 0 Å². The highest BCUT2D eigenvalue weighted by Crippen LogP contribution is 2.57. The van der Waals surface area contributed by atoms with Crippen LogP contribution in [0.15, 0.2) is 52.8 Å². The minimum Gasteiger partial charge on any atom is -0.490 e. The molecule has 3 atom stereocenters. The van der Waals surface area contributed by atoms with Gasteiger partial charge in [-0.3, -0.25) is 0 Å². The van der Waals surface area contributed by atoms with E-state index in [9.17, 15) is 10.4 Å². The monoisotopic (exact) mass is 352 g/mol. The minimum atomic E-state index is -0.261. The SMILES string of the molecule is C=CCOc1ccc2c(c1)CC=C1C2CCC2(C)C(=NO)C(=NO)CC12. The maximum absolute atomic E-state index is 9.48. The van der Waals surface area contributed by atoms with Gasteiger partial charge < -0.3 is 15.2 Å². The molecule has 4 rings (SSSR count). The molecule has 1 aromatic rings. The van der Waals surface area contributed by atoms with Crippen molar-refractivity contribution in [1.29, 1.82) is 0 Å². The number of fused-ring (bicyclic) bond motifs is 5. The lowest BCUT2D eigenvalue weighted by atomic mass is 9.60. The summed E-state index contributed by atoms with van der Waals surface area (Å²) < 4.78 is 5.67. The summed E-state index contributed by atoms with van der Waals surface area (Å²) in [7, 11) is 0. The van der Waals surface area contributed by atoms with Gasteiger partial charge in [-0.2, -0.15) is 0 Å². The van der Waals surface area contributed by atoms with E-state index in [-0.39, 0.29) is 11.3 Å². The first-order valence-corrected chi connectivity index (χ1v) is 9.12. The van der Waals surface area contributed by atoms with Gasteiger partial charge >= 0.3 is 0 Å². The van der Waals surface area contributed by atoms with Crippen LogP contribution in [0.4, 0.5) is 0 Å². The van der Waals surface area contributed by atoms with Crippen LogP contribution in [0, 0.1) is 11.3 Å². The van der Waals surface area contributed by atoms with Gasteiger partial charge in [-0.15, -0.1) is 0 Å². The van der Waals surface area contributed by atoms with E-state index >= 15 is 0 Å². The molecule has 3 aliphatic rings. The number of oxime groups is 2. The Kier molecular flexibility index (Phi) is 4.10. The first kappa shape index (κ1) is 16.9. The number of rotatable bonds is 3. The van der Waals surface area contributed by atoms with Gasteiger partial charge in [0.1, 0.15) is 23.8 Å². The Morgan fingerprint density at radius 3 is 2.92 bits per heavy atom. The van der Waals surface area contributed by atoms with Crippen LogP contribution in [-0.4, -0.2) is 28.4 Å². The molecule has 136 valence electrons. The summed E-state index contributed by atoms with van der Waals surface area (Å²) in [5.41, 5.74) is 4.87. The molecule has 3 unspecified atom stereocenters. The molecule has 2 fully saturated rings. The van der Waals surface area contributed by atoms with E-state index < -0.39 is 0 Å². The van der Waals surface area contributed by atoms with Gasteiger partial charge in [0.15, 0.2) is 0 Å². The molecule has 26 heavy (non-hydrogen) atoms. The molecule has 0 radical (unpaired) electrons. The third-order valence-electron chi connectivity index (χ3n) is 6.37. The lowest BCUT2D eigenvalue weighted by Gasteiger charge is -2.44. The van der Waals surface area contributed by atoms with Crippen molar-refractivity contribution in [3.05, 3.63) is 53.6 Å². The van der Waals surface area contributed by atoms with Gasteiger partial charge in [0.05, 0.1) is 0 Å². The Balaban J connectivity index is 1.68. The van der Waals surface area contributed by atoms with E-state index in [1.807, 2.05) is 6.07 Å². The first-order valence-electron chi connectivity index (χ1n) is 9.12. The van der Waals surface area contributed by atoms with Crippen molar-refractivity contribution in [1.82, 2.24) is 0 Å². The van der Waals surface area contributed by atoms with Crippen LogP contribution in [0.3, 0.4) is 0 Å². The van der Waals surface area contributed by atoms with Crippen molar-refractivity contribution in [3.63, 3.8) is 0 Å². The maximum atomic E-state index is 9.48. The average Bonchev–Trinajstić information content (AvgIpc) is 2.97. The second-order valence-corrected chi connectivity index (χ2v) is 7.63. The number of hydrogen-bond donors (Lipinski definition) is 2. The summed E-state index contributed by atoms with van der Waals surface area (Å²) in [5, 5.41) is 25.7. The third kappa shape index (κ3) is 2.37.